The van der Waals surface area contributed by atoms with E-state index in [0.29, 0.717) is 0 Å². The third kappa shape index (κ3) is 3.38. The molecule has 0 bridgehead atoms. The van der Waals surface area contributed by atoms with Gasteiger partial charge in [0, 0.05) is 6.08 Å². The van der Waals surface area contributed by atoms with Gasteiger partial charge >= 0.3 is 0 Å². The molecule has 0 aliphatic heterocycles. The molecule has 0 unspecified atom stereocenters. The van der Waals surface area contributed by atoms with E-state index in [2.05, 4.69) is 0 Å². The second-order valence-electron chi connectivity index (χ2n) is 3.42. The fraction of sp³-hybridized carbons (Fsp3) is 0.800. The van der Waals surface area contributed by atoms with Crippen LogP contribution in [0.5, 0.6) is 0 Å². The topological polar surface area (TPSA) is 17.1 Å². The summed E-state index contributed by atoms with van der Waals surface area (Å²) in [4.78, 5) is 9.95. The number of hydrogen-bond acceptors (Lipinski definition) is 1. The molecule has 0 aromatic carbocycles. The van der Waals surface area contributed by atoms with Crippen LogP contribution in [-0.2, 0) is 4.79 Å². The Hall–Kier alpha value is -0.550. The van der Waals surface area contributed by atoms with E-state index in [0.717, 1.165) is 12.3 Å². The van der Waals surface area contributed by atoms with Crippen LogP contribution >= 0.6 is 0 Å². The van der Waals surface area contributed by atoms with Gasteiger partial charge in [-0.3, -0.25) is 0 Å². The number of allylic oxidation sites excluding steroid dienone is 1. The van der Waals surface area contributed by atoms with Gasteiger partial charge in [-0.15, -0.1) is 0 Å². The zero-order valence-electron chi connectivity index (χ0n) is 7.01. The first-order chi connectivity index (χ1) is 5.43. The number of rotatable bonds is 2. The first-order valence-electron chi connectivity index (χ1n) is 4.63. The standard InChI is InChI=1S/C10H16O/c11-9-5-8-10-6-3-1-2-4-7-10/h5,10H,1-4,6-8H2. The van der Waals surface area contributed by atoms with Crippen LogP contribution in [0.25, 0.3) is 0 Å². The van der Waals surface area contributed by atoms with E-state index in [1.54, 1.807) is 6.08 Å². The molecule has 0 amide bonds. The zero-order chi connectivity index (χ0) is 7.94. The van der Waals surface area contributed by atoms with Crippen molar-refractivity contribution in [3.8, 4) is 0 Å². The first kappa shape index (κ1) is 8.55. The molecule has 1 aliphatic carbocycles. The maximum Gasteiger partial charge on any atom is 0.120 e. The number of carbonyl (C=O) groups excluding carboxylic acids is 1. The van der Waals surface area contributed by atoms with Crippen LogP contribution in [0.3, 0.4) is 0 Å². The zero-order valence-corrected chi connectivity index (χ0v) is 7.01. The minimum Gasteiger partial charge on any atom is -0.234 e. The summed E-state index contributed by atoms with van der Waals surface area (Å²) >= 11 is 0. The van der Waals surface area contributed by atoms with Crippen LogP contribution in [0, 0.1) is 5.92 Å². The Bertz CT molecular complexity index is 137. The maximum atomic E-state index is 9.95. The molecule has 0 aromatic rings. The largest absolute Gasteiger partial charge is 0.234 e. The van der Waals surface area contributed by atoms with E-state index in [-0.39, 0.29) is 0 Å². The molecule has 1 nitrogen and oxygen atoms in total. The van der Waals surface area contributed by atoms with E-state index >= 15 is 0 Å². The van der Waals surface area contributed by atoms with Crippen LogP contribution in [0.15, 0.2) is 6.08 Å². The van der Waals surface area contributed by atoms with E-state index < -0.39 is 0 Å². The minimum absolute atomic E-state index is 0.777. The van der Waals surface area contributed by atoms with Crippen LogP contribution in [0.1, 0.15) is 44.9 Å². The van der Waals surface area contributed by atoms with E-state index in [4.69, 9.17) is 0 Å². The van der Waals surface area contributed by atoms with E-state index in [1.807, 2.05) is 5.94 Å². The van der Waals surface area contributed by atoms with Crippen molar-refractivity contribution < 1.29 is 4.79 Å². The molecule has 0 N–H and O–H groups in total. The van der Waals surface area contributed by atoms with Gasteiger partial charge in [0.1, 0.15) is 5.94 Å². The van der Waals surface area contributed by atoms with E-state index in [9.17, 15) is 4.79 Å². The molecule has 1 saturated carbocycles. The van der Waals surface area contributed by atoms with Gasteiger partial charge in [-0.2, -0.15) is 0 Å². The molecule has 1 aliphatic rings. The molecule has 0 saturated heterocycles. The van der Waals surface area contributed by atoms with Crippen LogP contribution in [0.2, 0.25) is 0 Å². The molecule has 1 fully saturated rings. The fourth-order valence-electron chi connectivity index (χ4n) is 1.81. The van der Waals surface area contributed by atoms with Gasteiger partial charge in [-0.05, 0) is 12.3 Å². The average molecular weight is 152 g/mol. The van der Waals surface area contributed by atoms with Crippen LogP contribution in [0.4, 0.5) is 0 Å². The molecule has 1 rings (SSSR count). The normalized spacial score (nSPS) is 20.4. The Morgan fingerprint density at radius 1 is 1.18 bits per heavy atom. The van der Waals surface area contributed by atoms with Gasteiger partial charge in [-0.25, -0.2) is 4.79 Å². The summed E-state index contributed by atoms with van der Waals surface area (Å²) in [7, 11) is 0. The Labute approximate surface area is 68.5 Å². The van der Waals surface area contributed by atoms with Crippen molar-refractivity contribution in [3.05, 3.63) is 6.08 Å². The Balaban J connectivity index is 2.24. The third-order valence-electron chi connectivity index (χ3n) is 2.51. The van der Waals surface area contributed by atoms with Crippen molar-refractivity contribution in [2.45, 2.75) is 44.9 Å². The molecular formula is C10H16O. The molecule has 0 radical (unpaired) electrons. The Morgan fingerprint density at radius 3 is 2.36 bits per heavy atom. The van der Waals surface area contributed by atoms with Gasteiger partial charge in [-0.1, -0.05) is 38.5 Å². The predicted octanol–water partition coefficient (Wildman–Crippen LogP) is 2.73. The molecule has 1 heteroatoms. The smallest absolute Gasteiger partial charge is 0.120 e. The monoisotopic (exact) mass is 152 g/mol. The third-order valence-corrected chi connectivity index (χ3v) is 2.51. The molecule has 0 spiro atoms. The average Bonchev–Trinajstić information content (AvgIpc) is 2.28. The van der Waals surface area contributed by atoms with Gasteiger partial charge < -0.3 is 0 Å². The van der Waals surface area contributed by atoms with Gasteiger partial charge in [0.25, 0.3) is 0 Å². The molecular weight excluding hydrogens is 136 g/mol. The van der Waals surface area contributed by atoms with Crippen LogP contribution < -0.4 is 0 Å². The van der Waals surface area contributed by atoms with Crippen molar-refractivity contribution in [1.82, 2.24) is 0 Å². The van der Waals surface area contributed by atoms with Crippen molar-refractivity contribution in [2.24, 2.45) is 5.92 Å². The highest BCUT2D eigenvalue weighted by Gasteiger charge is 2.09. The summed E-state index contributed by atoms with van der Waals surface area (Å²) in [6, 6.07) is 0. The summed E-state index contributed by atoms with van der Waals surface area (Å²) in [6.45, 7) is 0. The highest BCUT2D eigenvalue weighted by Crippen LogP contribution is 2.25. The van der Waals surface area contributed by atoms with Gasteiger partial charge in [0.2, 0.25) is 0 Å². The lowest BCUT2D eigenvalue weighted by molar-refractivity contribution is 0.465. The second-order valence-corrected chi connectivity index (χ2v) is 3.42. The Morgan fingerprint density at radius 2 is 1.82 bits per heavy atom. The van der Waals surface area contributed by atoms with Crippen molar-refractivity contribution in [3.63, 3.8) is 0 Å². The van der Waals surface area contributed by atoms with Crippen molar-refractivity contribution >= 4 is 5.94 Å². The van der Waals surface area contributed by atoms with Gasteiger partial charge in [0.05, 0.1) is 0 Å². The summed E-state index contributed by atoms with van der Waals surface area (Å²) in [6.07, 6.45) is 10.7. The predicted molar refractivity (Wildman–Crippen MR) is 46.1 cm³/mol. The van der Waals surface area contributed by atoms with Crippen molar-refractivity contribution in [2.75, 3.05) is 0 Å². The minimum atomic E-state index is 0.777. The van der Waals surface area contributed by atoms with Crippen LogP contribution in [-0.4, -0.2) is 5.94 Å². The SMILES string of the molecule is O=C=CCC1CCCCCC1. The summed E-state index contributed by atoms with van der Waals surface area (Å²) in [5.41, 5.74) is 0. The molecule has 0 atom stereocenters. The maximum absolute atomic E-state index is 9.95. The summed E-state index contributed by atoms with van der Waals surface area (Å²) in [5.74, 6) is 2.64. The quantitative estimate of drug-likeness (QED) is 0.439. The molecule has 0 heterocycles. The highest BCUT2D eigenvalue weighted by atomic mass is 16.1. The summed E-state index contributed by atoms with van der Waals surface area (Å²) < 4.78 is 0. The Kier molecular flexibility index (Phi) is 4.00. The van der Waals surface area contributed by atoms with Crippen molar-refractivity contribution in [1.29, 1.82) is 0 Å². The van der Waals surface area contributed by atoms with Gasteiger partial charge in [0.15, 0.2) is 0 Å². The fourth-order valence-corrected chi connectivity index (χ4v) is 1.81. The lowest BCUT2D eigenvalue weighted by Gasteiger charge is -2.08. The highest BCUT2D eigenvalue weighted by molar-refractivity contribution is 5.44. The first-order valence-corrected chi connectivity index (χ1v) is 4.63. The molecule has 11 heavy (non-hydrogen) atoms. The second kappa shape index (κ2) is 5.15. The van der Waals surface area contributed by atoms with E-state index in [1.165, 1.54) is 38.5 Å². The number of hydrogen-bond donors (Lipinski definition) is 0. The lowest BCUT2D eigenvalue weighted by atomic mass is 9.97. The molecule has 62 valence electrons. The summed E-state index contributed by atoms with van der Waals surface area (Å²) in [5, 5.41) is 0. The lowest BCUT2D eigenvalue weighted by Crippen LogP contribution is -1.95. The molecule has 0 aromatic heterocycles.